The second-order valence-corrected chi connectivity index (χ2v) is 5.85. The van der Waals surface area contributed by atoms with Crippen LogP contribution in [0.5, 0.6) is 0 Å². The molecule has 0 aliphatic rings. The van der Waals surface area contributed by atoms with Gasteiger partial charge in [-0.25, -0.2) is 9.97 Å². The third-order valence-corrected chi connectivity index (χ3v) is 3.54. The Labute approximate surface area is 121 Å². The van der Waals surface area contributed by atoms with Crippen LogP contribution in [0.15, 0.2) is 0 Å². The molecule has 0 aromatic carbocycles. The Hall–Kier alpha value is -0.970. The molecule has 1 aromatic rings. The molecule has 5 heteroatoms. The summed E-state index contributed by atoms with van der Waals surface area (Å²) in [6.45, 7) is 10.2. The minimum atomic E-state index is 0.338. The van der Waals surface area contributed by atoms with Gasteiger partial charge in [-0.2, -0.15) is 11.8 Å². The minimum Gasteiger partial charge on any atom is -0.370 e. The third-order valence-electron chi connectivity index (χ3n) is 2.84. The predicted molar refractivity (Wildman–Crippen MR) is 86.5 cm³/mol. The van der Waals surface area contributed by atoms with Gasteiger partial charge in [0.05, 0.1) is 0 Å². The van der Waals surface area contributed by atoms with Gasteiger partial charge in [0.2, 0.25) is 0 Å². The molecule has 0 amide bonds. The maximum Gasteiger partial charge on any atom is 0.135 e. The highest BCUT2D eigenvalue weighted by Gasteiger charge is 2.12. The molecule has 0 atom stereocenters. The molecule has 1 heterocycles. The quantitative estimate of drug-likeness (QED) is 0.715. The van der Waals surface area contributed by atoms with Crippen molar-refractivity contribution in [1.29, 1.82) is 0 Å². The van der Waals surface area contributed by atoms with Crippen molar-refractivity contribution in [2.75, 3.05) is 35.7 Å². The summed E-state index contributed by atoms with van der Waals surface area (Å²) >= 11 is 1.88. The van der Waals surface area contributed by atoms with Crippen molar-refractivity contribution in [3.05, 3.63) is 11.4 Å². The van der Waals surface area contributed by atoms with E-state index in [1.165, 1.54) is 5.75 Å². The zero-order valence-electron chi connectivity index (χ0n) is 12.7. The van der Waals surface area contributed by atoms with Crippen LogP contribution in [0.25, 0.3) is 0 Å². The second-order valence-electron chi connectivity index (χ2n) is 4.86. The molecule has 2 N–H and O–H groups in total. The van der Waals surface area contributed by atoms with Gasteiger partial charge in [-0.1, -0.05) is 13.8 Å². The summed E-state index contributed by atoms with van der Waals surface area (Å²) in [5, 5.41) is 6.76. The highest BCUT2D eigenvalue weighted by molar-refractivity contribution is 7.98. The molecule has 0 radical (unpaired) electrons. The molecule has 0 spiro atoms. The standard InChI is InChI=1S/C14H26N4S/c1-6-15-13-11(4)14(16-8-7-9-19-5)18-12(17-13)10(2)3/h10H,6-9H2,1-5H3,(H2,15,16,17,18). The molecule has 1 rings (SSSR count). The van der Waals surface area contributed by atoms with Gasteiger partial charge in [-0.15, -0.1) is 0 Å². The molecule has 0 unspecified atom stereocenters. The van der Waals surface area contributed by atoms with Crippen molar-refractivity contribution in [1.82, 2.24) is 9.97 Å². The number of aromatic nitrogens is 2. The van der Waals surface area contributed by atoms with Crippen LogP contribution in [0.1, 0.15) is 44.5 Å². The summed E-state index contributed by atoms with van der Waals surface area (Å²) in [4.78, 5) is 9.24. The van der Waals surface area contributed by atoms with E-state index >= 15 is 0 Å². The third kappa shape index (κ3) is 4.90. The number of hydrogen-bond acceptors (Lipinski definition) is 5. The number of hydrogen-bond donors (Lipinski definition) is 2. The maximum atomic E-state index is 4.64. The number of thioether (sulfide) groups is 1. The highest BCUT2D eigenvalue weighted by Crippen LogP contribution is 2.23. The van der Waals surface area contributed by atoms with Gasteiger partial charge in [0.25, 0.3) is 0 Å². The Morgan fingerprint density at radius 2 is 1.79 bits per heavy atom. The first-order valence-electron chi connectivity index (χ1n) is 6.95. The number of anilines is 2. The largest absolute Gasteiger partial charge is 0.370 e. The summed E-state index contributed by atoms with van der Waals surface area (Å²) in [6, 6.07) is 0. The number of nitrogens with one attached hydrogen (secondary N) is 2. The fraction of sp³-hybridized carbons (Fsp3) is 0.714. The van der Waals surface area contributed by atoms with Crippen molar-refractivity contribution in [2.45, 2.75) is 40.0 Å². The lowest BCUT2D eigenvalue weighted by atomic mass is 10.2. The van der Waals surface area contributed by atoms with E-state index in [2.05, 4.69) is 54.6 Å². The smallest absolute Gasteiger partial charge is 0.135 e. The van der Waals surface area contributed by atoms with E-state index in [4.69, 9.17) is 0 Å². The van der Waals surface area contributed by atoms with Crippen molar-refractivity contribution < 1.29 is 0 Å². The van der Waals surface area contributed by atoms with E-state index in [-0.39, 0.29) is 0 Å². The van der Waals surface area contributed by atoms with Crippen LogP contribution >= 0.6 is 11.8 Å². The first-order chi connectivity index (χ1) is 9.10. The molecular weight excluding hydrogens is 256 g/mol. The zero-order valence-corrected chi connectivity index (χ0v) is 13.5. The normalized spacial score (nSPS) is 10.8. The lowest BCUT2D eigenvalue weighted by molar-refractivity contribution is 0.771. The van der Waals surface area contributed by atoms with Crippen LogP contribution < -0.4 is 10.6 Å². The van der Waals surface area contributed by atoms with Gasteiger partial charge in [0, 0.05) is 24.6 Å². The van der Waals surface area contributed by atoms with Crippen LogP contribution in [-0.2, 0) is 0 Å². The number of rotatable bonds is 8. The van der Waals surface area contributed by atoms with Crippen molar-refractivity contribution in [3.63, 3.8) is 0 Å². The van der Waals surface area contributed by atoms with Gasteiger partial charge in [0.15, 0.2) is 0 Å². The Morgan fingerprint density at radius 3 is 2.32 bits per heavy atom. The maximum absolute atomic E-state index is 4.64. The molecule has 0 aliphatic carbocycles. The summed E-state index contributed by atoms with van der Waals surface area (Å²) in [6.07, 6.45) is 3.29. The van der Waals surface area contributed by atoms with Crippen LogP contribution in [0.4, 0.5) is 11.6 Å². The topological polar surface area (TPSA) is 49.8 Å². The molecule has 1 aromatic heterocycles. The first kappa shape index (κ1) is 16.1. The lowest BCUT2D eigenvalue weighted by Gasteiger charge is -2.15. The van der Waals surface area contributed by atoms with Crippen LogP contribution in [0, 0.1) is 6.92 Å². The summed E-state index contributed by atoms with van der Waals surface area (Å²) in [5.74, 6) is 4.33. The van der Waals surface area contributed by atoms with Gasteiger partial charge in [0.1, 0.15) is 17.5 Å². The van der Waals surface area contributed by atoms with E-state index < -0.39 is 0 Å². The second kappa shape index (κ2) is 8.25. The van der Waals surface area contributed by atoms with Crippen LogP contribution in [0.2, 0.25) is 0 Å². The Kier molecular flexibility index (Phi) is 6.99. The minimum absolute atomic E-state index is 0.338. The number of nitrogens with zero attached hydrogens (tertiary/aromatic N) is 2. The predicted octanol–water partition coefficient (Wildman–Crippen LogP) is 3.51. The summed E-state index contributed by atoms with van der Waals surface area (Å²) < 4.78 is 0. The first-order valence-corrected chi connectivity index (χ1v) is 8.34. The Morgan fingerprint density at radius 1 is 1.16 bits per heavy atom. The molecule has 0 saturated carbocycles. The highest BCUT2D eigenvalue weighted by atomic mass is 32.2. The van der Waals surface area contributed by atoms with Crippen LogP contribution in [0.3, 0.4) is 0 Å². The van der Waals surface area contributed by atoms with E-state index in [9.17, 15) is 0 Å². The van der Waals surface area contributed by atoms with Crippen molar-refractivity contribution in [2.24, 2.45) is 0 Å². The molecule has 108 valence electrons. The van der Waals surface area contributed by atoms with Gasteiger partial charge < -0.3 is 10.6 Å². The van der Waals surface area contributed by atoms with Crippen molar-refractivity contribution >= 4 is 23.4 Å². The van der Waals surface area contributed by atoms with E-state index in [0.717, 1.165) is 42.5 Å². The van der Waals surface area contributed by atoms with Gasteiger partial charge in [-0.05, 0) is 32.3 Å². The van der Waals surface area contributed by atoms with E-state index in [1.807, 2.05) is 11.8 Å². The summed E-state index contributed by atoms with van der Waals surface area (Å²) in [5.41, 5.74) is 1.11. The fourth-order valence-corrected chi connectivity index (χ4v) is 2.16. The zero-order chi connectivity index (χ0) is 14.3. The molecular formula is C14H26N4S. The molecule has 0 saturated heterocycles. The molecule has 0 fully saturated rings. The molecule has 0 aliphatic heterocycles. The van der Waals surface area contributed by atoms with E-state index in [1.54, 1.807) is 0 Å². The monoisotopic (exact) mass is 282 g/mol. The summed E-state index contributed by atoms with van der Waals surface area (Å²) in [7, 11) is 0. The van der Waals surface area contributed by atoms with Crippen LogP contribution in [-0.4, -0.2) is 35.1 Å². The molecule has 19 heavy (non-hydrogen) atoms. The van der Waals surface area contributed by atoms with Gasteiger partial charge >= 0.3 is 0 Å². The Balaban J connectivity index is 2.87. The van der Waals surface area contributed by atoms with Crippen molar-refractivity contribution in [3.8, 4) is 0 Å². The molecule has 0 bridgehead atoms. The average Bonchev–Trinajstić information content (AvgIpc) is 2.38. The lowest BCUT2D eigenvalue weighted by Crippen LogP contribution is -2.13. The Bertz CT molecular complexity index is 393. The average molecular weight is 282 g/mol. The fourth-order valence-electron chi connectivity index (χ4n) is 1.73. The SMILES string of the molecule is CCNc1nc(C(C)C)nc(NCCCSC)c1C. The van der Waals surface area contributed by atoms with Gasteiger partial charge in [-0.3, -0.25) is 0 Å². The molecule has 4 nitrogen and oxygen atoms in total. The van der Waals surface area contributed by atoms with E-state index in [0.29, 0.717) is 5.92 Å².